The third-order valence-corrected chi connectivity index (χ3v) is 6.73. The van der Waals surface area contributed by atoms with Crippen molar-refractivity contribution in [1.82, 2.24) is 0 Å². The molecule has 0 spiro atoms. The fraction of sp³-hybridized carbons (Fsp3) is 0.121. The number of nitrogens with zero attached hydrogens (tertiary/aromatic N) is 1. The molecule has 0 amide bonds. The number of pyridine rings is 1. The van der Waals surface area contributed by atoms with Crippen molar-refractivity contribution in [2.45, 2.75) is 27.7 Å². The highest BCUT2D eigenvalue weighted by Crippen LogP contribution is 2.38. The van der Waals surface area contributed by atoms with E-state index in [9.17, 15) is 0 Å². The lowest BCUT2D eigenvalue weighted by Crippen LogP contribution is -2.40. The van der Waals surface area contributed by atoms with Gasteiger partial charge >= 0.3 is 0 Å². The van der Waals surface area contributed by atoms with Gasteiger partial charge in [0.25, 0.3) is 0 Å². The van der Waals surface area contributed by atoms with Crippen molar-refractivity contribution in [1.29, 1.82) is 0 Å². The number of rotatable bonds is 4. The maximum absolute atomic E-state index is 2.51. The zero-order valence-electron chi connectivity index (χ0n) is 20.3. The average Bonchev–Trinajstić information content (AvgIpc) is 2.86. The van der Waals surface area contributed by atoms with E-state index < -0.39 is 0 Å². The van der Waals surface area contributed by atoms with E-state index >= 15 is 0 Å². The van der Waals surface area contributed by atoms with Crippen molar-refractivity contribution in [3.05, 3.63) is 131 Å². The minimum atomic E-state index is 1.22. The van der Waals surface area contributed by atoms with Crippen LogP contribution >= 0.6 is 0 Å². The molecule has 1 heteroatoms. The lowest BCUT2D eigenvalue weighted by atomic mass is 9.88. The number of hydrogen-bond donors (Lipinski definition) is 0. The molecule has 0 saturated carbocycles. The summed E-state index contributed by atoms with van der Waals surface area (Å²) < 4.78 is 2.51. The largest absolute Gasteiger partial charge is 0.222 e. The highest BCUT2D eigenvalue weighted by atomic mass is 15.0. The minimum Gasteiger partial charge on any atom is -0.152 e. The number of hydrogen-bond acceptors (Lipinski definition) is 0. The highest BCUT2D eigenvalue weighted by Gasteiger charge is 2.32. The van der Waals surface area contributed by atoms with E-state index in [0.717, 1.165) is 0 Å². The third kappa shape index (κ3) is 3.74. The van der Waals surface area contributed by atoms with Gasteiger partial charge in [-0.2, -0.15) is 4.57 Å². The van der Waals surface area contributed by atoms with E-state index in [1.165, 1.54) is 61.6 Å². The van der Waals surface area contributed by atoms with Crippen LogP contribution in [0.1, 0.15) is 22.3 Å². The zero-order chi connectivity index (χ0) is 23.7. The molecule has 0 aliphatic rings. The first-order valence-electron chi connectivity index (χ1n) is 11.9. The summed E-state index contributed by atoms with van der Waals surface area (Å²) in [5.41, 5.74) is 13.8. The molecule has 4 aromatic carbocycles. The van der Waals surface area contributed by atoms with Crippen molar-refractivity contribution in [2.75, 3.05) is 0 Å². The van der Waals surface area contributed by atoms with E-state index in [2.05, 4.69) is 141 Å². The molecule has 1 aromatic heterocycles. The van der Waals surface area contributed by atoms with Crippen LogP contribution in [0.25, 0.3) is 39.3 Å². The van der Waals surface area contributed by atoms with E-state index in [0.29, 0.717) is 0 Å². The molecule has 0 aliphatic heterocycles. The number of benzene rings is 4. The van der Waals surface area contributed by atoms with Gasteiger partial charge in [-0.05, 0) is 57.5 Å². The van der Waals surface area contributed by atoms with Crippen LogP contribution in [0.3, 0.4) is 0 Å². The fourth-order valence-electron chi connectivity index (χ4n) is 5.27. The van der Waals surface area contributed by atoms with Crippen LogP contribution in [-0.2, 0) is 0 Å². The molecule has 1 nitrogen and oxygen atoms in total. The Morgan fingerprint density at radius 1 is 0.412 bits per heavy atom. The standard InChI is InChI=1S/C33H30N/c1-23-15-14-16-24(2)31(23)34-32(28-19-10-6-11-20-28)25(3)30(27-17-8-5-9-18-27)26(4)33(34)29-21-12-7-13-22-29/h5-22H,1-4H3/q+1. The molecule has 0 N–H and O–H groups in total. The van der Waals surface area contributed by atoms with Crippen LogP contribution < -0.4 is 4.57 Å². The fourth-order valence-corrected chi connectivity index (χ4v) is 5.27. The Labute approximate surface area is 203 Å². The van der Waals surface area contributed by atoms with Gasteiger partial charge in [-0.1, -0.05) is 84.9 Å². The monoisotopic (exact) mass is 440 g/mol. The van der Waals surface area contributed by atoms with Gasteiger partial charge in [0.1, 0.15) is 0 Å². The summed E-state index contributed by atoms with van der Waals surface area (Å²) in [7, 11) is 0. The Hall–Kier alpha value is -3.97. The van der Waals surface area contributed by atoms with E-state index in [1.807, 2.05) is 0 Å². The van der Waals surface area contributed by atoms with E-state index in [-0.39, 0.29) is 0 Å². The van der Waals surface area contributed by atoms with Gasteiger partial charge in [0.05, 0.1) is 0 Å². The summed E-state index contributed by atoms with van der Waals surface area (Å²) in [6.07, 6.45) is 0. The maximum Gasteiger partial charge on any atom is 0.222 e. The van der Waals surface area contributed by atoms with Crippen molar-refractivity contribution in [3.63, 3.8) is 0 Å². The third-order valence-electron chi connectivity index (χ3n) is 6.73. The second-order valence-corrected chi connectivity index (χ2v) is 9.00. The Morgan fingerprint density at radius 2 is 0.794 bits per heavy atom. The molecule has 166 valence electrons. The topological polar surface area (TPSA) is 3.88 Å². The second kappa shape index (κ2) is 9.11. The van der Waals surface area contributed by atoms with Gasteiger partial charge in [0.15, 0.2) is 0 Å². The van der Waals surface area contributed by atoms with Crippen LogP contribution in [-0.4, -0.2) is 0 Å². The number of aromatic nitrogens is 1. The Kier molecular flexibility index (Phi) is 5.86. The molecular weight excluding hydrogens is 410 g/mol. The van der Waals surface area contributed by atoms with Crippen molar-refractivity contribution < 1.29 is 4.57 Å². The normalized spacial score (nSPS) is 10.9. The Balaban J connectivity index is 2.04. The van der Waals surface area contributed by atoms with Crippen molar-refractivity contribution in [3.8, 4) is 39.3 Å². The zero-order valence-corrected chi connectivity index (χ0v) is 20.3. The average molecular weight is 441 g/mol. The molecule has 0 unspecified atom stereocenters. The molecule has 34 heavy (non-hydrogen) atoms. The van der Waals surface area contributed by atoms with Crippen LogP contribution in [0.4, 0.5) is 0 Å². The lowest BCUT2D eigenvalue weighted by molar-refractivity contribution is -0.573. The van der Waals surface area contributed by atoms with Gasteiger partial charge in [-0.15, -0.1) is 0 Å². The van der Waals surface area contributed by atoms with Gasteiger partial charge < -0.3 is 0 Å². The first kappa shape index (κ1) is 21.9. The molecule has 0 atom stereocenters. The first-order valence-corrected chi connectivity index (χ1v) is 11.9. The van der Waals surface area contributed by atoms with Crippen molar-refractivity contribution in [2.24, 2.45) is 0 Å². The van der Waals surface area contributed by atoms with Crippen LogP contribution in [0.15, 0.2) is 109 Å². The van der Waals surface area contributed by atoms with E-state index in [4.69, 9.17) is 0 Å². The Bertz CT molecular complexity index is 1360. The number of para-hydroxylation sites is 1. The summed E-state index contributed by atoms with van der Waals surface area (Å²) in [4.78, 5) is 0. The predicted molar refractivity (Wildman–Crippen MR) is 143 cm³/mol. The van der Waals surface area contributed by atoms with E-state index in [1.54, 1.807) is 0 Å². The molecule has 5 rings (SSSR count). The number of aryl methyl sites for hydroxylation is 2. The van der Waals surface area contributed by atoms with Crippen molar-refractivity contribution >= 4 is 0 Å². The molecule has 0 bridgehead atoms. The molecule has 0 fully saturated rings. The quantitative estimate of drug-likeness (QED) is 0.248. The van der Waals surface area contributed by atoms with Gasteiger partial charge in [-0.3, -0.25) is 0 Å². The molecule has 0 saturated heterocycles. The predicted octanol–water partition coefficient (Wildman–Crippen LogP) is 8.20. The second-order valence-electron chi connectivity index (χ2n) is 9.00. The highest BCUT2D eigenvalue weighted by molar-refractivity contribution is 5.82. The van der Waals surface area contributed by atoms with Crippen LogP contribution in [0.5, 0.6) is 0 Å². The molecule has 0 radical (unpaired) electrons. The van der Waals surface area contributed by atoms with Gasteiger partial charge in [-0.25, -0.2) is 0 Å². The first-order chi connectivity index (χ1) is 16.6. The van der Waals surface area contributed by atoms with Gasteiger partial charge in [0.2, 0.25) is 17.1 Å². The summed E-state index contributed by atoms with van der Waals surface area (Å²) >= 11 is 0. The minimum absolute atomic E-state index is 1.22. The summed E-state index contributed by atoms with van der Waals surface area (Å²) in [5, 5.41) is 0. The Morgan fingerprint density at radius 3 is 1.21 bits per heavy atom. The summed E-state index contributed by atoms with van der Waals surface area (Å²) in [6, 6.07) is 39.0. The SMILES string of the molecule is Cc1cccc(C)c1-[n+]1c(-c2ccccc2)c(C)c(-c2ccccc2)c(C)c1-c1ccccc1. The van der Waals surface area contributed by atoms with Crippen LogP contribution in [0, 0.1) is 27.7 Å². The lowest BCUT2D eigenvalue weighted by Gasteiger charge is -2.20. The maximum atomic E-state index is 2.51. The summed E-state index contributed by atoms with van der Waals surface area (Å²) in [6.45, 7) is 8.98. The smallest absolute Gasteiger partial charge is 0.152 e. The van der Waals surface area contributed by atoms with Crippen LogP contribution in [0.2, 0.25) is 0 Å². The molecule has 0 aliphatic carbocycles. The van der Waals surface area contributed by atoms with Gasteiger partial charge in [0, 0.05) is 38.9 Å². The molecule has 5 aromatic rings. The molecule has 1 heterocycles. The molecular formula is C33H30N+. The summed E-state index contributed by atoms with van der Waals surface area (Å²) in [5.74, 6) is 0.